The second-order valence-electron chi connectivity index (χ2n) is 7.21. The first-order valence-electron chi connectivity index (χ1n) is 8.74. The maximum Gasteiger partial charge on any atom is 0.213 e. The van der Waals surface area contributed by atoms with Crippen molar-refractivity contribution >= 4 is 27.4 Å². The fourth-order valence-electron chi connectivity index (χ4n) is 3.71. The van der Waals surface area contributed by atoms with Crippen molar-refractivity contribution in [1.82, 2.24) is 4.98 Å². The fraction of sp³-hybridized carbons (Fsp3) is 0.400. The third-order valence-electron chi connectivity index (χ3n) is 5.52. The Kier molecular flexibility index (Phi) is 4.36. The lowest BCUT2D eigenvalue weighted by molar-refractivity contribution is 0.0987. The standard InChI is InChI=1S/C20H20BrFN2O/c21-15-5-4-14(12-18(25)16-2-1-3-19(22)23-16)17(13-15)24-10-8-20(6-7-20)9-11-24/h1-5,13H,6-12H2. The Morgan fingerprint density at radius 1 is 1.16 bits per heavy atom. The molecule has 2 aliphatic rings. The second kappa shape index (κ2) is 6.52. The van der Waals surface area contributed by atoms with E-state index in [9.17, 15) is 9.18 Å². The van der Waals surface area contributed by atoms with Gasteiger partial charge in [0, 0.05) is 29.7 Å². The Morgan fingerprint density at radius 2 is 1.92 bits per heavy atom. The normalized spacial score (nSPS) is 18.4. The van der Waals surface area contributed by atoms with Crippen LogP contribution in [0, 0.1) is 11.4 Å². The molecular formula is C20H20BrFN2O. The number of anilines is 1. The molecule has 2 fully saturated rings. The summed E-state index contributed by atoms with van der Waals surface area (Å²) < 4.78 is 14.3. The summed E-state index contributed by atoms with van der Waals surface area (Å²) in [6.07, 6.45) is 5.45. The van der Waals surface area contributed by atoms with Crippen LogP contribution in [0.5, 0.6) is 0 Å². The molecule has 1 aliphatic carbocycles. The number of carbonyl (C=O) groups excluding carboxylic acids is 1. The number of piperidine rings is 1. The highest BCUT2D eigenvalue weighted by Crippen LogP contribution is 2.54. The van der Waals surface area contributed by atoms with Gasteiger partial charge in [-0.1, -0.05) is 28.1 Å². The number of benzene rings is 1. The summed E-state index contributed by atoms with van der Waals surface area (Å²) in [4.78, 5) is 18.6. The second-order valence-corrected chi connectivity index (χ2v) is 8.12. The Bertz CT molecular complexity index is 809. The Hall–Kier alpha value is -1.75. The number of carbonyl (C=O) groups is 1. The van der Waals surface area contributed by atoms with E-state index in [0.717, 1.165) is 28.8 Å². The van der Waals surface area contributed by atoms with E-state index in [4.69, 9.17) is 0 Å². The zero-order chi connectivity index (χ0) is 17.4. The van der Waals surface area contributed by atoms with E-state index in [1.807, 2.05) is 12.1 Å². The first-order valence-corrected chi connectivity index (χ1v) is 9.53. The lowest BCUT2D eigenvalue weighted by atomic mass is 9.92. The van der Waals surface area contributed by atoms with Crippen LogP contribution >= 0.6 is 15.9 Å². The number of halogens is 2. The number of pyridine rings is 1. The molecule has 1 spiro atoms. The van der Waals surface area contributed by atoms with E-state index in [2.05, 4.69) is 31.9 Å². The molecule has 1 saturated carbocycles. The van der Waals surface area contributed by atoms with Crippen LogP contribution in [-0.2, 0) is 6.42 Å². The molecule has 2 heterocycles. The van der Waals surface area contributed by atoms with E-state index < -0.39 is 5.95 Å². The molecule has 1 saturated heterocycles. The zero-order valence-corrected chi connectivity index (χ0v) is 15.6. The molecular weight excluding hydrogens is 383 g/mol. The van der Waals surface area contributed by atoms with Gasteiger partial charge in [-0.25, -0.2) is 4.98 Å². The number of nitrogens with zero attached hydrogens (tertiary/aromatic N) is 2. The first kappa shape index (κ1) is 16.7. The van der Waals surface area contributed by atoms with Crippen molar-refractivity contribution in [1.29, 1.82) is 0 Å². The van der Waals surface area contributed by atoms with Crippen LogP contribution in [0.2, 0.25) is 0 Å². The molecule has 3 nitrogen and oxygen atoms in total. The van der Waals surface area contributed by atoms with E-state index in [-0.39, 0.29) is 17.9 Å². The van der Waals surface area contributed by atoms with Gasteiger partial charge in [-0.3, -0.25) is 4.79 Å². The molecule has 25 heavy (non-hydrogen) atoms. The molecule has 0 N–H and O–H groups in total. The van der Waals surface area contributed by atoms with Gasteiger partial charge in [-0.2, -0.15) is 4.39 Å². The predicted octanol–water partition coefficient (Wildman–Crippen LogP) is 4.79. The van der Waals surface area contributed by atoms with Gasteiger partial charge in [-0.05, 0) is 60.9 Å². The maximum atomic E-state index is 13.3. The molecule has 4 rings (SSSR count). The summed E-state index contributed by atoms with van der Waals surface area (Å²) in [7, 11) is 0. The molecule has 0 unspecified atom stereocenters. The number of hydrogen-bond acceptors (Lipinski definition) is 3. The first-order chi connectivity index (χ1) is 12.0. The van der Waals surface area contributed by atoms with Crippen molar-refractivity contribution in [3.63, 3.8) is 0 Å². The van der Waals surface area contributed by atoms with Crippen LogP contribution in [0.3, 0.4) is 0 Å². The van der Waals surface area contributed by atoms with Crippen molar-refractivity contribution < 1.29 is 9.18 Å². The van der Waals surface area contributed by atoms with Crippen LogP contribution in [0.1, 0.15) is 41.7 Å². The van der Waals surface area contributed by atoms with E-state index in [1.54, 1.807) is 6.07 Å². The molecule has 0 amide bonds. The van der Waals surface area contributed by atoms with Gasteiger partial charge >= 0.3 is 0 Å². The number of Topliss-reactive ketones (excluding diaryl/α,β-unsaturated/α-hetero) is 1. The Morgan fingerprint density at radius 3 is 2.60 bits per heavy atom. The summed E-state index contributed by atoms with van der Waals surface area (Å²) in [5, 5.41) is 0. The lowest BCUT2D eigenvalue weighted by Crippen LogP contribution is -2.35. The molecule has 2 aromatic rings. The van der Waals surface area contributed by atoms with Crippen LogP contribution in [0.4, 0.5) is 10.1 Å². The van der Waals surface area contributed by atoms with Crippen molar-refractivity contribution in [2.24, 2.45) is 5.41 Å². The lowest BCUT2D eigenvalue weighted by Gasteiger charge is -2.35. The van der Waals surface area contributed by atoms with E-state index in [0.29, 0.717) is 5.41 Å². The zero-order valence-electron chi connectivity index (χ0n) is 14.0. The summed E-state index contributed by atoms with van der Waals surface area (Å²) in [6.45, 7) is 2.08. The topological polar surface area (TPSA) is 33.2 Å². The van der Waals surface area contributed by atoms with E-state index in [1.165, 1.54) is 37.8 Å². The van der Waals surface area contributed by atoms with Gasteiger partial charge in [0.25, 0.3) is 0 Å². The number of aromatic nitrogens is 1. The minimum atomic E-state index is -0.618. The van der Waals surface area contributed by atoms with Crippen molar-refractivity contribution in [2.45, 2.75) is 32.1 Å². The number of rotatable bonds is 4. The SMILES string of the molecule is O=C(Cc1ccc(Br)cc1N1CCC2(CC1)CC2)c1cccc(F)n1. The van der Waals surface area contributed by atoms with Gasteiger partial charge in [0.15, 0.2) is 5.78 Å². The third kappa shape index (κ3) is 3.61. The van der Waals surface area contributed by atoms with Crippen LogP contribution in [0.25, 0.3) is 0 Å². The minimum absolute atomic E-state index is 0.154. The molecule has 1 aromatic carbocycles. The van der Waals surface area contributed by atoms with Gasteiger partial charge in [0.2, 0.25) is 5.95 Å². The van der Waals surface area contributed by atoms with Crippen LogP contribution < -0.4 is 4.90 Å². The molecule has 0 bridgehead atoms. The molecule has 0 radical (unpaired) electrons. The smallest absolute Gasteiger partial charge is 0.213 e. The molecule has 0 atom stereocenters. The molecule has 1 aromatic heterocycles. The largest absolute Gasteiger partial charge is 0.371 e. The highest BCUT2D eigenvalue weighted by molar-refractivity contribution is 9.10. The van der Waals surface area contributed by atoms with Gasteiger partial charge in [0.1, 0.15) is 5.69 Å². The Balaban J connectivity index is 1.56. The predicted molar refractivity (Wildman–Crippen MR) is 99.5 cm³/mol. The van der Waals surface area contributed by atoms with Crippen molar-refractivity contribution in [3.05, 3.63) is 58.1 Å². The quantitative estimate of drug-likeness (QED) is 0.544. The van der Waals surface area contributed by atoms with Gasteiger partial charge < -0.3 is 4.90 Å². The number of hydrogen-bond donors (Lipinski definition) is 0. The monoisotopic (exact) mass is 402 g/mol. The average Bonchev–Trinajstić information content (AvgIpc) is 3.36. The highest BCUT2D eigenvalue weighted by atomic mass is 79.9. The fourth-order valence-corrected chi connectivity index (χ4v) is 4.06. The highest BCUT2D eigenvalue weighted by Gasteiger charge is 2.44. The summed E-state index contributed by atoms with van der Waals surface area (Å²) in [5.41, 5.74) is 2.88. The molecule has 130 valence electrons. The summed E-state index contributed by atoms with van der Waals surface area (Å²) in [5.74, 6) is -0.772. The van der Waals surface area contributed by atoms with Gasteiger partial charge in [-0.15, -0.1) is 0 Å². The number of ketones is 1. The van der Waals surface area contributed by atoms with Gasteiger partial charge in [0.05, 0.1) is 0 Å². The Labute approximate surface area is 155 Å². The third-order valence-corrected chi connectivity index (χ3v) is 6.01. The van der Waals surface area contributed by atoms with Crippen molar-refractivity contribution in [2.75, 3.05) is 18.0 Å². The molecule has 1 aliphatic heterocycles. The van der Waals surface area contributed by atoms with Crippen molar-refractivity contribution in [3.8, 4) is 0 Å². The summed E-state index contributed by atoms with van der Waals surface area (Å²) in [6, 6.07) is 10.4. The van der Waals surface area contributed by atoms with E-state index >= 15 is 0 Å². The van der Waals surface area contributed by atoms with Crippen LogP contribution in [0.15, 0.2) is 40.9 Å². The maximum absolute atomic E-state index is 13.3. The molecule has 5 heteroatoms. The minimum Gasteiger partial charge on any atom is -0.371 e. The summed E-state index contributed by atoms with van der Waals surface area (Å²) >= 11 is 3.54. The van der Waals surface area contributed by atoms with Crippen LogP contribution in [-0.4, -0.2) is 23.9 Å². The average molecular weight is 403 g/mol.